The lowest BCUT2D eigenvalue weighted by atomic mass is 10.1. The molecule has 0 saturated carbocycles. The minimum absolute atomic E-state index is 0.156. The Balaban J connectivity index is 3.03. The van der Waals surface area contributed by atoms with Gasteiger partial charge in [0.2, 0.25) is 11.8 Å². The second kappa shape index (κ2) is 3.52. The maximum atomic E-state index is 13.1. The summed E-state index contributed by atoms with van der Waals surface area (Å²) in [7, 11) is 1.47. The maximum absolute atomic E-state index is 13.1. The Morgan fingerprint density at radius 1 is 1.42 bits per heavy atom. The molecule has 0 amide bonds. The average molecular weight is 169 g/mol. The number of ether oxygens (including phenoxy) is 1. The lowest BCUT2D eigenvalue weighted by Crippen LogP contribution is -1.97. The van der Waals surface area contributed by atoms with Crippen LogP contribution in [-0.4, -0.2) is 12.1 Å². The average Bonchev–Trinajstić information content (AvgIpc) is 2.03. The highest BCUT2D eigenvalue weighted by Gasteiger charge is 2.08. The van der Waals surface area contributed by atoms with Crippen molar-refractivity contribution in [3.05, 3.63) is 23.6 Å². The highest BCUT2D eigenvalue weighted by Crippen LogP contribution is 2.19. The predicted octanol–water partition coefficient (Wildman–Crippen LogP) is 2.35. The molecular weight excluding hydrogens is 157 g/mol. The molecule has 12 heavy (non-hydrogen) atoms. The molecule has 3 heteroatoms. The summed E-state index contributed by atoms with van der Waals surface area (Å²) < 4.78 is 17.9. The van der Waals surface area contributed by atoms with Crippen molar-refractivity contribution in [2.45, 2.75) is 19.8 Å². The standard InChI is InChI=1S/C9H12FNO/c1-6(2)7-4-5-8(12-3)11-9(7)10/h4-6H,1-3H3. The molecule has 2 nitrogen and oxygen atoms in total. The van der Waals surface area contributed by atoms with Gasteiger partial charge in [0.05, 0.1) is 7.11 Å². The smallest absolute Gasteiger partial charge is 0.219 e. The van der Waals surface area contributed by atoms with Crippen LogP contribution in [0.1, 0.15) is 25.3 Å². The summed E-state index contributed by atoms with van der Waals surface area (Å²) in [6.45, 7) is 3.85. The van der Waals surface area contributed by atoms with Crippen molar-refractivity contribution in [1.29, 1.82) is 0 Å². The van der Waals surface area contributed by atoms with Gasteiger partial charge in [-0.05, 0) is 12.0 Å². The molecule has 0 aromatic carbocycles. The van der Waals surface area contributed by atoms with E-state index in [2.05, 4.69) is 4.98 Å². The van der Waals surface area contributed by atoms with Gasteiger partial charge in [-0.1, -0.05) is 13.8 Å². The molecule has 1 heterocycles. The lowest BCUT2D eigenvalue weighted by molar-refractivity contribution is 0.385. The molecule has 0 spiro atoms. The fourth-order valence-corrected chi connectivity index (χ4v) is 0.973. The van der Waals surface area contributed by atoms with Crippen molar-refractivity contribution in [1.82, 2.24) is 4.98 Å². The van der Waals surface area contributed by atoms with Gasteiger partial charge >= 0.3 is 0 Å². The second-order valence-electron chi connectivity index (χ2n) is 2.89. The van der Waals surface area contributed by atoms with Gasteiger partial charge in [0, 0.05) is 11.6 Å². The Kier molecular flexibility index (Phi) is 2.63. The lowest BCUT2D eigenvalue weighted by Gasteiger charge is -2.06. The van der Waals surface area contributed by atoms with Gasteiger partial charge in [0.25, 0.3) is 0 Å². The number of nitrogens with zero attached hydrogens (tertiary/aromatic N) is 1. The first-order valence-corrected chi connectivity index (χ1v) is 3.85. The number of methoxy groups -OCH3 is 1. The highest BCUT2D eigenvalue weighted by atomic mass is 19.1. The molecular formula is C9H12FNO. The molecule has 0 radical (unpaired) electrons. The maximum Gasteiger partial charge on any atom is 0.219 e. The Labute approximate surface area is 71.4 Å². The third-order valence-electron chi connectivity index (χ3n) is 1.68. The first-order chi connectivity index (χ1) is 5.65. The minimum atomic E-state index is -0.440. The molecule has 0 fully saturated rings. The summed E-state index contributed by atoms with van der Waals surface area (Å²) in [5.41, 5.74) is 0.621. The van der Waals surface area contributed by atoms with Crippen molar-refractivity contribution in [3.63, 3.8) is 0 Å². The summed E-state index contributed by atoms with van der Waals surface area (Å²) in [5, 5.41) is 0. The Morgan fingerprint density at radius 3 is 2.50 bits per heavy atom. The first-order valence-electron chi connectivity index (χ1n) is 3.85. The van der Waals surface area contributed by atoms with Crippen LogP contribution in [0.5, 0.6) is 5.88 Å². The van der Waals surface area contributed by atoms with E-state index in [0.717, 1.165) is 0 Å². The number of pyridine rings is 1. The zero-order valence-corrected chi connectivity index (χ0v) is 7.47. The largest absolute Gasteiger partial charge is 0.481 e. The number of aromatic nitrogens is 1. The summed E-state index contributed by atoms with van der Waals surface area (Å²) in [6.07, 6.45) is 0. The van der Waals surface area contributed by atoms with Gasteiger partial charge in [-0.2, -0.15) is 9.37 Å². The summed E-state index contributed by atoms with van der Waals surface area (Å²) in [6, 6.07) is 3.37. The molecule has 1 aromatic heterocycles. The SMILES string of the molecule is COc1ccc(C(C)C)c(F)n1. The molecule has 0 saturated heterocycles. The molecule has 0 atom stereocenters. The fourth-order valence-electron chi connectivity index (χ4n) is 0.973. The molecule has 0 aliphatic rings. The monoisotopic (exact) mass is 169 g/mol. The quantitative estimate of drug-likeness (QED) is 0.634. The molecule has 0 bridgehead atoms. The molecule has 0 aliphatic heterocycles. The number of hydrogen-bond donors (Lipinski definition) is 0. The highest BCUT2D eigenvalue weighted by molar-refractivity contribution is 5.21. The van der Waals surface area contributed by atoms with E-state index in [0.29, 0.717) is 11.4 Å². The molecule has 0 aliphatic carbocycles. The van der Waals surface area contributed by atoms with Gasteiger partial charge in [-0.15, -0.1) is 0 Å². The summed E-state index contributed by atoms with van der Waals surface area (Å²) in [4.78, 5) is 3.62. The molecule has 1 rings (SSSR count). The summed E-state index contributed by atoms with van der Waals surface area (Å²) in [5.74, 6) is 0.0321. The van der Waals surface area contributed by atoms with Crippen molar-refractivity contribution >= 4 is 0 Å². The molecule has 66 valence electrons. The normalized spacial score (nSPS) is 10.4. The number of hydrogen-bond acceptors (Lipinski definition) is 2. The van der Waals surface area contributed by atoms with Crippen LogP contribution in [0.3, 0.4) is 0 Å². The van der Waals surface area contributed by atoms with E-state index < -0.39 is 5.95 Å². The van der Waals surface area contributed by atoms with Gasteiger partial charge in [0.15, 0.2) is 0 Å². The van der Waals surface area contributed by atoms with Crippen LogP contribution in [0, 0.1) is 5.95 Å². The van der Waals surface area contributed by atoms with Gasteiger partial charge < -0.3 is 4.74 Å². The third kappa shape index (κ3) is 1.72. The topological polar surface area (TPSA) is 22.1 Å². The van der Waals surface area contributed by atoms with E-state index >= 15 is 0 Å². The van der Waals surface area contributed by atoms with Crippen molar-refractivity contribution in [3.8, 4) is 5.88 Å². The van der Waals surface area contributed by atoms with Crippen molar-refractivity contribution in [2.24, 2.45) is 0 Å². The zero-order valence-electron chi connectivity index (χ0n) is 7.47. The van der Waals surface area contributed by atoms with E-state index in [9.17, 15) is 4.39 Å². The van der Waals surface area contributed by atoms with Gasteiger partial charge in [-0.25, -0.2) is 0 Å². The van der Waals surface area contributed by atoms with Crippen LogP contribution in [0.15, 0.2) is 12.1 Å². The number of halogens is 1. The minimum Gasteiger partial charge on any atom is -0.481 e. The van der Waals surface area contributed by atoms with E-state index in [1.807, 2.05) is 13.8 Å². The van der Waals surface area contributed by atoms with Crippen LogP contribution >= 0.6 is 0 Å². The first kappa shape index (κ1) is 8.97. The molecule has 0 unspecified atom stereocenters. The van der Waals surface area contributed by atoms with Crippen LogP contribution in [0.25, 0.3) is 0 Å². The molecule has 0 N–H and O–H groups in total. The van der Waals surface area contributed by atoms with E-state index in [1.54, 1.807) is 12.1 Å². The Bertz CT molecular complexity index is 273. The molecule has 1 aromatic rings. The van der Waals surface area contributed by atoms with Crippen molar-refractivity contribution < 1.29 is 9.13 Å². The van der Waals surface area contributed by atoms with Gasteiger partial charge in [0.1, 0.15) is 0 Å². The van der Waals surface area contributed by atoms with Crippen LogP contribution in [0.2, 0.25) is 0 Å². The van der Waals surface area contributed by atoms with Crippen LogP contribution in [-0.2, 0) is 0 Å². The third-order valence-corrected chi connectivity index (χ3v) is 1.68. The fraction of sp³-hybridized carbons (Fsp3) is 0.444. The van der Waals surface area contributed by atoms with Gasteiger partial charge in [-0.3, -0.25) is 0 Å². The number of rotatable bonds is 2. The van der Waals surface area contributed by atoms with E-state index in [1.165, 1.54) is 7.11 Å². The van der Waals surface area contributed by atoms with E-state index in [4.69, 9.17) is 4.74 Å². The summed E-state index contributed by atoms with van der Waals surface area (Å²) >= 11 is 0. The van der Waals surface area contributed by atoms with E-state index in [-0.39, 0.29) is 5.92 Å². The van der Waals surface area contributed by atoms with Crippen molar-refractivity contribution in [2.75, 3.05) is 7.11 Å². The predicted molar refractivity (Wildman–Crippen MR) is 44.8 cm³/mol. The Hall–Kier alpha value is -1.12. The second-order valence-corrected chi connectivity index (χ2v) is 2.89. The zero-order chi connectivity index (χ0) is 9.14. The Morgan fingerprint density at radius 2 is 2.08 bits per heavy atom. The van der Waals surface area contributed by atoms with Crippen LogP contribution in [0.4, 0.5) is 4.39 Å². The van der Waals surface area contributed by atoms with Crippen LogP contribution < -0.4 is 4.74 Å².